The Morgan fingerprint density at radius 1 is 1.12 bits per heavy atom. The lowest BCUT2D eigenvalue weighted by Crippen LogP contribution is -2.39. The van der Waals surface area contributed by atoms with E-state index in [0.29, 0.717) is 13.2 Å². The molecule has 1 saturated carbocycles. The van der Waals surface area contributed by atoms with E-state index in [1.165, 1.54) is 19.3 Å². The highest BCUT2D eigenvalue weighted by molar-refractivity contribution is 4.90. The van der Waals surface area contributed by atoms with Gasteiger partial charge in [0.05, 0.1) is 12.7 Å². The quantitative estimate of drug-likeness (QED) is 0.733. The van der Waals surface area contributed by atoms with Gasteiger partial charge in [-0.25, -0.2) is 0 Å². The highest BCUT2D eigenvalue weighted by Crippen LogP contribution is 2.39. The van der Waals surface area contributed by atoms with E-state index in [4.69, 9.17) is 14.2 Å². The standard InChI is InChI=1S/C12H20O4/c13-9-4-7-14-11(9)10-8-15-12(16-10)5-2-1-3-6-12/h9-11,13H,1-8H2/t9-,10?,11?/m1/s1. The normalized spacial score (nSPS) is 42.9. The molecule has 1 aliphatic carbocycles. The van der Waals surface area contributed by atoms with Gasteiger partial charge in [-0.3, -0.25) is 0 Å². The van der Waals surface area contributed by atoms with Crippen LogP contribution in [0.2, 0.25) is 0 Å². The summed E-state index contributed by atoms with van der Waals surface area (Å²) in [5, 5.41) is 9.78. The molecule has 16 heavy (non-hydrogen) atoms. The summed E-state index contributed by atoms with van der Waals surface area (Å²) in [4.78, 5) is 0. The molecule has 0 aromatic carbocycles. The van der Waals surface area contributed by atoms with E-state index < -0.39 is 0 Å². The molecule has 2 heterocycles. The minimum atomic E-state index is -0.382. The first-order valence-corrected chi connectivity index (χ1v) is 6.41. The van der Waals surface area contributed by atoms with Crippen molar-refractivity contribution in [3.8, 4) is 0 Å². The van der Waals surface area contributed by atoms with Gasteiger partial charge in [-0.1, -0.05) is 6.42 Å². The summed E-state index contributed by atoms with van der Waals surface area (Å²) in [5.74, 6) is -0.353. The number of aliphatic hydroxyl groups excluding tert-OH is 1. The third-order valence-corrected chi connectivity index (χ3v) is 3.96. The summed E-state index contributed by atoms with van der Waals surface area (Å²) < 4.78 is 17.4. The maximum atomic E-state index is 9.78. The van der Waals surface area contributed by atoms with Gasteiger partial charge in [-0.05, 0) is 19.3 Å². The predicted octanol–water partition coefficient (Wildman–Crippen LogP) is 1.21. The summed E-state index contributed by atoms with van der Waals surface area (Å²) in [6.07, 6.45) is 5.71. The Balaban J connectivity index is 1.63. The molecule has 0 bridgehead atoms. The molecule has 3 atom stereocenters. The van der Waals surface area contributed by atoms with Crippen molar-refractivity contribution < 1.29 is 19.3 Å². The molecule has 1 N–H and O–H groups in total. The molecule has 0 aromatic heterocycles. The maximum absolute atomic E-state index is 9.78. The minimum Gasteiger partial charge on any atom is -0.390 e. The van der Waals surface area contributed by atoms with Crippen LogP contribution in [0.3, 0.4) is 0 Å². The Kier molecular flexibility index (Phi) is 2.92. The van der Waals surface area contributed by atoms with Crippen LogP contribution in [0.1, 0.15) is 38.5 Å². The second-order valence-electron chi connectivity index (χ2n) is 5.13. The van der Waals surface area contributed by atoms with Crippen LogP contribution >= 0.6 is 0 Å². The van der Waals surface area contributed by atoms with Crippen molar-refractivity contribution >= 4 is 0 Å². The fourth-order valence-corrected chi connectivity index (χ4v) is 3.05. The number of ether oxygens (including phenoxy) is 3. The molecule has 2 saturated heterocycles. The van der Waals surface area contributed by atoms with Crippen molar-refractivity contribution in [2.24, 2.45) is 0 Å². The molecule has 92 valence electrons. The van der Waals surface area contributed by atoms with Crippen LogP contribution in [-0.4, -0.2) is 42.4 Å². The fourth-order valence-electron chi connectivity index (χ4n) is 3.05. The van der Waals surface area contributed by atoms with Gasteiger partial charge in [0.2, 0.25) is 0 Å². The average Bonchev–Trinajstić information content (AvgIpc) is 2.87. The van der Waals surface area contributed by atoms with Crippen molar-refractivity contribution in [3.63, 3.8) is 0 Å². The minimum absolute atomic E-state index is 0.0735. The van der Waals surface area contributed by atoms with Crippen molar-refractivity contribution in [1.82, 2.24) is 0 Å². The lowest BCUT2D eigenvalue weighted by atomic mass is 9.94. The maximum Gasteiger partial charge on any atom is 0.169 e. The molecule has 0 aromatic rings. The van der Waals surface area contributed by atoms with E-state index in [9.17, 15) is 5.11 Å². The Labute approximate surface area is 95.9 Å². The van der Waals surface area contributed by atoms with E-state index in [0.717, 1.165) is 19.3 Å². The summed E-state index contributed by atoms with van der Waals surface area (Å²) in [6, 6.07) is 0. The van der Waals surface area contributed by atoms with Crippen LogP contribution in [0, 0.1) is 0 Å². The lowest BCUT2D eigenvalue weighted by molar-refractivity contribution is -0.199. The highest BCUT2D eigenvalue weighted by Gasteiger charge is 2.47. The smallest absolute Gasteiger partial charge is 0.169 e. The Bertz CT molecular complexity index is 249. The van der Waals surface area contributed by atoms with Crippen LogP contribution in [0.25, 0.3) is 0 Å². The van der Waals surface area contributed by atoms with E-state index in [1.54, 1.807) is 0 Å². The van der Waals surface area contributed by atoms with Gasteiger partial charge in [0.15, 0.2) is 5.79 Å². The van der Waals surface area contributed by atoms with E-state index in [2.05, 4.69) is 0 Å². The number of hydrogen-bond acceptors (Lipinski definition) is 4. The lowest BCUT2D eigenvalue weighted by Gasteiger charge is -2.32. The molecule has 3 rings (SSSR count). The van der Waals surface area contributed by atoms with Gasteiger partial charge in [-0.2, -0.15) is 0 Å². The number of hydrogen-bond donors (Lipinski definition) is 1. The third-order valence-electron chi connectivity index (χ3n) is 3.96. The zero-order chi connectivity index (χ0) is 11.0. The van der Waals surface area contributed by atoms with Gasteiger partial charge in [-0.15, -0.1) is 0 Å². The Morgan fingerprint density at radius 2 is 1.94 bits per heavy atom. The van der Waals surface area contributed by atoms with Crippen molar-refractivity contribution in [2.45, 2.75) is 62.6 Å². The Morgan fingerprint density at radius 3 is 2.62 bits per heavy atom. The van der Waals surface area contributed by atoms with Crippen LogP contribution in [0.5, 0.6) is 0 Å². The molecule has 0 radical (unpaired) electrons. The molecule has 4 nitrogen and oxygen atoms in total. The largest absolute Gasteiger partial charge is 0.390 e. The topological polar surface area (TPSA) is 47.9 Å². The molecular weight excluding hydrogens is 208 g/mol. The van der Waals surface area contributed by atoms with Gasteiger partial charge >= 0.3 is 0 Å². The molecule has 3 fully saturated rings. The summed E-state index contributed by atoms with van der Waals surface area (Å²) >= 11 is 0. The van der Waals surface area contributed by atoms with Crippen LogP contribution in [0.4, 0.5) is 0 Å². The molecule has 1 spiro atoms. The first-order valence-electron chi connectivity index (χ1n) is 6.41. The zero-order valence-corrected chi connectivity index (χ0v) is 9.56. The van der Waals surface area contributed by atoms with Crippen LogP contribution in [-0.2, 0) is 14.2 Å². The van der Waals surface area contributed by atoms with Crippen LogP contribution < -0.4 is 0 Å². The molecule has 0 amide bonds. The van der Waals surface area contributed by atoms with Crippen LogP contribution in [0.15, 0.2) is 0 Å². The molecule has 2 unspecified atom stereocenters. The van der Waals surface area contributed by atoms with Gasteiger partial charge in [0.25, 0.3) is 0 Å². The predicted molar refractivity (Wildman–Crippen MR) is 57.0 cm³/mol. The number of rotatable bonds is 1. The zero-order valence-electron chi connectivity index (χ0n) is 9.56. The molecule has 2 aliphatic heterocycles. The van der Waals surface area contributed by atoms with E-state index in [-0.39, 0.29) is 24.1 Å². The number of aliphatic hydroxyl groups is 1. The van der Waals surface area contributed by atoms with Gasteiger partial charge in [0, 0.05) is 19.4 Å². The highest BCUT2D eigenvalue weighted by atomic mass is 16.8. The molecular formula is C12H20O4. The summed E-state index contributed by atoms with van der Waals surface area (Å²) in [7, 11) is 0. The monoisotopic (exact) mass is 228 g/mol. The first kappa shape index (κ1) is 11.0. The SMILES string of the molecule is O[C@@H]1CCOC1C1COC2(CCCCC2)O1. The van der Waals surface area contributed by atoms with E-state index >= 15 is 0 Å². The van der Waals surface area contributed by atoms with E-state index in [1.807, 2.05) is 0 Å². The first-order chi connectivity index (χ1) is 7.79. The Hall–Kier alpha value is -0.160. The average molecular weight is 228 g/mol. The molecule has 3 aliphatic rings. The second-order valence-corrected chi connectivity index (χ2v) is 5.13. The summed E-state index contributed by atoms with van der Waals surface area (Å²) in [5.41, 5.74) is 0. The van der Waals surface area contributed by atoms with Gasteiger partial charge in [0.1, 0.15) is 12.2 Å². The second kappa shape index (κ2) is 4.26. The van der Waals surface area contributed by atoms with Crippen molar-refractivity contribution in [1.29, 1.82) is 0 Å². The fraction of sp³-hybridized carbons (Fsp3) is 1.00. The van der Waals surface area contributed by atoms with Crippen molar-refractivity contribution in [3.05, 3.63) is 0 Å². The van der Waals surface area contributed by atoms with Crippen molar-refractivity contribution in [2.75, 3.05) is 13.2 Å². The van der Waals surface area contributed by atoms with Gasteiger partial charge < -0.3 is 19.3 Å². The third kappa shape index (κ3) is 1.88. The molecule has 4 heteroatoms. The summed E-state index contributed by atoms with van der Waals surface area (Å²) in [6.45, 7) is 1.21.